The molecule has 2 aromatic rings. The first-order chi connectivity index (χ1) is 12.6. The van der Waals surface area contributed by atoms with Crippen molar-refractivity contribution in [3.8, 4) is 0 Å². The van der Waals surface area contributed by atoms with Crippen molar-refractivity contribution in [3.05, 3.63) is 53.3 Å². The Kier molecular flexibility index (Phi) is 7.67. The number of aromatic nitrogens is 2. The molecule has 0 saturated heterocycles. The fraction of sp³-hybridized carbons (Fsp3) is 0.421. The van der Waals surface area contributed by atoms with E-state index >= 15 is 0 Å². The van der Waals surface area contributed by atoms with Crippen LogP contribution in [0, 0.1) is 0 Å². The molecule has 140 valence electrons. The molecule has 0 fully saturated rings. The summed E-state index contributed by atoms with van der Waals surface area (Å²) in [6.07, 6.45) is 2.69. The van der Waals surface area contributed by atoms with Crippen LogP contribution in [0.2, 0.25) is 0 Å². The zero-order chi connectivity index (χ0) is 18.8. The minimum absolute atomic E-state index is 0.0427. The van der Waals surface area contributed by atoms with Gasteiger partial charge in [-0.15, -0.1) is 0 Å². The molecule has 0 radical (unpaired) electrons. The summed E-state index contributed by atoms with van der Waals surface area (Å²) in [5.41, 5.74) is 2.73. The van der Waals surface area contributed by atoms with Gasteiger partial charge in [-0.2, -0.15) is 5.10 Å². The highest BCUT2D eigenvalue weighted by Gasteiger charge is 2.06. The summed E-state index contributed by atoms with van der Waals surface area (Å²) < 4.78 is 1.83. The molecule has 7 heteroatoms. The van der Waals surface area contributed by atoms with E-state index < -0.39 is 0 Å². The number of carbonyl (C=O) groups is 1. The van der Waals surface area contributed by atoms with E-state index in [-0.39, 0.29) is 5.91 Å². The van der Waals surface area contributed by atoms with Crippen LogP contribution in [0.4, 0.5) is 0 Å². The smallest absolute Gasteiger partial charge is 0.251 e. The van der Waals surface area contributed by atoms with E-state index in [1.54, 1.807) is 6.20 Å². The summed E-state index contributed by atoms with van der Waals surface area (Å²) in [5, 5.41) is 13.6. The highest BCUT2D eigenvalue weighted by molar-refractivity contribution is 5.94. The standard InChI is InChI=1S/C19H28N6O/c1-4-10-21-18(26)16-8-6-7-15(12-16)13-22-19(20-5-2)23-14-17-9-11-24-25(17)3/h6-9,11-12H,4-5,10,13-14H2,1-3H3,(H,21,26)(H2,20,22,23). The molecule has 0 unspecified atom stereocenters. The molecular weight excluding hydrogens is 328 g/mol. The molecule has 3 N–H and O–H groups in total. The van der Waals surface area contributed by atoms with Gasteiger partial charge < -0.3 is 16.0 Å². The van der Waals surface area contributed by atoms with Gasteiger partial charge >= 0.3 is 0 Å². The third kappa shape index (κ3) is 5.91. The van der Waals surface area contributed by atoms with Crippen molar-refractivity contribution in [2.24, 2.45) is 12.0 Å². The Balaban J connectivity index is 1.99. The van der Waals surface area contributed by atoms with Crippen molar-refractivity contribution in [1.29, 1.82) is 0 Å². The number of aryl methyl sites for hydroxylation is 1. The van der Waals surface area contributed by atoms with E-state index in [4.69, 9.17) is 0 Å². The second kappa shape index (κ2) is 10.2. The maximum Gasteiger partial charge on any atom is 0.251 e. The van der Waals surface area contributed by atoms with Gasteiger partial charge in [0, 0.05) is 31.9 Å². The molecular formula is C19H28N6O. The minimum atomic E-state index is -0.0427. The van der Waals surface area contributed by atoms with Crippen LogP contribution in [0.15, 0.2) is 41.5 Å². The normalized spacial score (nSPS) is 11.3. The number of guanidine groups is 1. The van der Waals surface area contributed by atoms with Crippen LogP contribution in [0.1, 0.15) is 41.9 Å². The average Bonchev–Trinajstić information content (AvgIpc) is 3.07. The van der Waals surface area contributed by atoms with Gasteiger partial charge in [-0.25, -0.2) is 4.99 Å². The third-order valence-corrected chi connectivity index (χ3v) is 3.85. The van der Waals surface area contributed by atoms with Gasteiger partial charge in [0.2, 0.25) is 0 Å². The van der Waals surface area contributed by atoms with Crippen molar-refractivity contribution in [2.75, 3.05) is 13.1 Å². The number of carbonyl (C=O) groups excluding carboxylic acids is 1. The molecule has 2 rings (SSSR count). The molecule has 1 aromatic heterocycles. The Morgan fingerprint density at radius 3 is 2.73 bits per heavy atom. The second-order valence-electron chi connectivity index (χ2n) is 5.95. The van der Waals surface area contributed by atoms with Crippen LogP contribution >= 0.6 is 0 Å². The second-order valence-corrected chi connectivity index (χ2v) is 5.95. The van der Waals surface area contributed by atoms with E-state index in [9.17, 15) is 4.79 Å². The zero-order valence-electron chi connectivity index (χ0n) is 15.7. The first-order valence-electron chi connectivity index (χ1n) is 9.00. The first-order valence-corrected chi connectivity index (χ1v) is 9.00. The highest BCUT2D eigenvalue weighted by atomic mass is 16.1. The maximum atomic E-state index is 12.1. The lowest BCUT2D eigenvalue weighted by atomic mass is 10.1. The molecule has 0 aliphatic rings. The number of hydrogen-bond donors (Lipinski definition) is 3. The lowest BCUT2D eigenvalue weighted by molar-refractivity contribution is 0.0953. The Morgan fingerprint density at radius 2 is 2.04 bits per heavy atom. The van der Waals surface area contributed by atoms with Crippen LogP contribution in [-0.4, -0.2) is 34.7 Å². The predicted molar refractivity (Wildman–Crippen MR) is 104 cm³/mol. The SMILES string of the molecule is CCCNC(=O)c1cccc(CN=C(NCC)NCc2ccnn2C)c1. The van der Waals surface area contributed by atoms with Gasteiger partial charge in [0.1, 0.15) is 0 Å². The molecule has 1 heterocycles. The van der Waals surface area contributed by atoms with Crippen molar-refractivity contribution >= 4 is 11.9 Å². The molecule has 26 heavy (non-hydrogen) atoms. The Morgan fingerprint density at radius 1 is 1.19 bits per heavy atom. The summed E-state index contributed by atoms with van der Waals surface area (Å²) in [4.78, 5) is 16.7. The molecule has 7 nitrogen and oxygen atoms in total. The molecule has 0 bridgehead atoms. The minimum Gasteiger partial charge on any atom is -0.357 e. The molecule has 1 aromatic carbocycles. The van der Waals surface area contributed by atoms with Crippen LogP contribution < -0.4 is 16.0 Å². The van der Waals surface area contributed by atoms with E-state index in [2.05, 4.69) is 26.0 Å². The van der Waals surface area contributed by atoms with Gasteiger partial charge in [0.25, 0.3) is 5.91 Å². The fourth-order valence-corrected chi connectivity index (χ4v) is 2.41. The van der Waals surface area contributed by atoms with E-state index in [1.165, 1.54) is 0 Å². The van der Waals surface area contributed by atoms with Gasteiger partial charge in [0.05, 0.1) is 18.8 Å². The Hall–Kier alpha value is -2.83. The number of amides is 1. The van der Waals surface area contributed by atoms with Gasteiger partial charge in [-0.3, -0.25) is 9.48 Å². The zero-order valence-corrected chi connectivity index (χ0v) is 15.7. The van der Waals surface area contributed by atoms with Gasteiger partial charge in [-0.1, -0.05) is 19.1 Å². The van der Waals surface area contributed by atoms with E-state index in [0.717, 1.165) is 30.2 Å². The van der Waals surface area contributed by atoms with Crippen molar-refractivity contribution in [3.63, 3.8) is 0 Å². The molecule has 0 saturated carbocycles. The van der Waals surface area contributed by atoms with Crippen molar-refractivity contribution < 1.29 is 4.79 Å². The molecule has 1 amide bonds. The van der Waals surface area contributed by atoms with E-state index in [1.807, 2.05) is 55.9 Å². The number of nitrogens with zero attached hydrogens (tertiary/aromatic N) is 3. The highest BCUT2D eigenvalue weighted by Crippen LogP contribution is 2.07. The van der Waals surface area contributed by atoms with Crippen LogP contribution in [0.3, 0.4) is 0 Å². The largest absolute Gasteiger partial charge is 0.357 e. The number of benzene rings is 1. The topological polar surface area (TPSA) is 83.3 Å². The summed E-state index contributed by atoms with van der Waals surface area (Å²) >= 11 is 0. The first kappa shape index (κ1) is 19.5. The predicted octanol–water partition coefficient (Wildman–Crippen LogP) is 1.82. The number of rotatable bonds is 8. The summed E-state index contributed by atoms with van der Waals surface area (Å²) in [5.74, 6) is 0.688. The Bertz CT molecular complexity index is 737. The van der Waals surface area contributed by atoms with E-state index in [0.29, 0.717) is 25.2 Å². The Labute approximate surface area is 154 Å². The van der Waals surface area contributed by atoms with Crippen LogP contribution in [-0.2, 0) is 20.1 Å². The number of aliphatic imine (C=N–C) groups is 1. The van der Waals surface area contributed by atoms with Crippen LogP contribution in [0.25, 0.3) is 0 Å². The summed E-state index contributed by atoms with van der Waals surface area (Å²) in [6.45, 7) is 6.66. The lowest BCUT2D eigenvalue weighted by Crippen LogP contribution is -2.37. The maximum absolute atomic E-state index is 12.1. The van der Waals surface area contributed by atoms with Gasteiger partial charge in [-0.05, 0) is 37.1 Å². The quantitative estimate of drug-likeness (QED) is 0.498. The molecule has 0 spiro atoms. The van der Waals surface area contributed by atoms with Gasteiger partial charge in [0.15, 0.2) is 5.96 Å². The summed E-state index contributed by atoms with van der Waals surface area (Å²) in [6, 6.07) is 9.55. The lowest BCUT2D eigenvalue weighted by Gasteiger charge is -2.11. The number of hydrogen-bond acceptors (Lipinski definition) is 3. The molecule has 0 atom stereocenters. The molecule has 0 aliphatic carbocycles. The average molecular weight is 356 g/mol. The monoisotopic (exact) mass is 356 g/mol. The molecule has 0 aliphatic heterocycles. The van der Waals surface area contributed by atoms with Crippen molar-refractivity contribution in [1.82, 2.24) is 25.7 Å². The fourth-order valence-electron chi connectivity index (χ4n) is 2.41. The van der Waals surface area contributed by atoms with Crippen molar-refractivity contribution in [2.45, 2.75) is 33.4 Å². The summed E-state index contributed by atoms with van der Waals surface area (Å²) in [7, 11) is 1.91. The number of nitrogens with one attached hydrogen (secondary N) is 3. The van der Waals surface area contributed by atoms with Crippen LogP contribution in [0.5, 0.6) is 0 Å². The third-order valence-electron chi connectivity index (χ3n) is 3.85.